The predicted molar refractivity (Wildman–Crippen MR) is 129 cm³/mol. The molecule has 8 nitrogen and oxygen atoms in total. The van der Waals surface area contributed by atoms with Gasteiger partial charge in [-0.15, -0.1) is 11.3 Å². The van der Waals surface area contributed by atoms with Crippen LogP contribution in [0.15, 0.2) is 34.5 Å². The van der Waals surface area contributed by atoms with Crippen LogP contribution in [0.4, 0.5) is 5.13 Å². The molecular weight excluding hydrogens is 460 g/mol. The molecule has 2 aliphatic rings. The molecule has 0 unspecified atom stereocenters. The van der Waals surface area contributed by atoms with Crippen LogP contribution in [0, 0.1) is 11.8 Å². The number of carbonyl (C=O) groups is 1. The van der Waals surface area contributed by atoms with E-state index in [9.17, 15) is 13.2 Å². The summed E-state index contributed by atoms with van der Waals surface area (Å²) >= 11 is 1.40. The van der Waals surface area contributed by atoms with Crippen LogP contribution >= 0.6 is 11.3 Å². The van der Waals surface area contributed by atoms with Crippen LogP contribution in [-0.4, -0.2) is 56.6 Å². The van der Waals surface area contributed by atoms with E-state index in [1.807, 2.05) is 5.38 Å². The van der Waals surface area contributed by atoms with E-state index in [1.165, 1.54) is 42.0 Å². The molecule has 3 heterocycles. The smallest absolute Gasteiger partial charge is 0.257 e. The van der Waals surface area contributed by atoms with Crippen molar-refractivity contribution in [1.82, 2.24) is 14.6 Å². The molecule has 2 saturated heterocycles. The molecule has 0 saturated carbocycles. The van der Waals surface area contributed by atoms with Crippen molar-refractivity contribution < 1.29 is 17.9 Å². The van der Waals surface area contributed by atoms with E-state index in [4.69, 9.17) is 4.74 Å². The van der Waals surface area contributed by atoms with Gasteiger partial charge in [0.25, 0.3) is 5.91 Å². The number of nitrogens with zero attached hydrogens (tertiary/aromatic N) is 2. The van der Waals surface area contributed by atoms with E-state index < -0.39 is 10.0 Å². The van der Waals surface area contributed by atoms with Crippen LogP contribution in [0.5, 0.6) is 0 Å². The van der Waals surface area contributed by atoms with E-state index in [1.54, 1.807) is 0 Å². The second-order valence-corrected chi connectivity index (χ2v) is 11.9. The van der Waals surface area contributed by atoms with Gasteiger partial charge in [0.15, 0.2) is 5.13 Å². The number of piperidine rings is 1. The molecule has 33 heavy (non-hydrogen) atoms. The number of hydrogen-bond donors (Lipinski definition) is 2. The van der Waals surface area contributed by atoms with E-state index in [-0.39, 0.29) is 23.5 Å². The number of carbonyl (C=O) groups excluding carboxylic acids is 1. The van der Waals surface area contributed by atoms with Crippen molar-refractivity contribution in [2.45, 2.75) is 50.7 Å². The maximum Gasteiger partial charge on any atom is 0.257 e. The van der Waals surface area contributed by atoms with Gasteiger partial charge in [-0.2, -0.15) is 0 Å². The second-order valence-electron chi connectivity index (χ2n) is 9.25. The number of aromatic nitrogens is 1. The fourth-order valence-corrected chi connectivity index (χ4v) is 6.40. The third kappa shape index (κ3) is 6.60. The summed E-state index contributed by atoms with van der Waals surface area (Å²) in [6, 6.07) is 5.92. The molecule has 2 aromatic rings. The zero-order valence-electron chi connectivity index (χ0n) is 19.1. The summed E-state index contributed by atoms with van der Waals surface area (Å²) in [4.78, 5) is 19.7. The largest absolute Gasteiger partial charge is 0.377 e. The Morgan fingerprint density at radius 1 is 1.21 bits per heavy atom. The molecule has 2 N–H and O–H groups in total. The number of ether oxygens (including phenoxy) is 1. The molecule has 3 atom stereocenters. The minimum absolute atomic E-state index is 0.0743. The van der Waals surface area contributed by atoms with Crippen molar-refractivity contribution in [3.63, 3.8) is 0 Å². The van der Waals surface area contributed by atoms with Gasteiger partial charge in [-0.05, 0) is 55.4 Å². The molecule has 1 amide bonds. The number of benzene rings is 1. The Bertz CT molecular complexity index is 1040. The Kier molecular flexibility index (Phi) is 7.80. The molecule has 0 spiro atoms. The number of rotatable bonds is 8. The minimum Gasteiger partial charge on any atom is -0.377 e. The molecule has 180 valence electrons. The molecule has 0 radical (unpaired) electrons. The summed E-state index contributed by atoms with van der Waals surface area (Å²) in [5.74, 6) is 1.06. The van der Waals surface area contributed by atoms with Crippen LogP contribution in [0.3, 0.4) is 0 Å². The Balaban J connectivity index is 1.31. The number of amides is 1. The summed E-state index contributed by atoms with van der Waals surface area (Å²) in [5.41, 5.74) is 1.33. The highest BCUT2D eigenvalue weighted by Crippen LogP contribution is 2.24. The van der Waals surface area contributed by atoms with Crippen LogP contribution in [-0.2, 0) is 21.3 Å². The molecule has 2 aliphatic heterocycles. The lowest BCUT2D eigenvalue weighted by Gasteiger charge is -2.34. The second kappa shape index (κ2) is 10.6. The van der Waals surface area contributed by atoms with E-state index >= 15 is 0 Å². The quantitative estimate of drug-likeness (QED) is 0.586. The normalized spacial score (nSPS) is 24.1. The SMILES string of the molecule is C[C@@H]1C[C@@H](C)CN(Cc2csc(NC(=O)c3ccc(S(=O)(=O)NC[C@@H]4CCCO4)cc3)n2)C1. The van der Waals surface area contributed by atoms with Crippen molar-refractivity contribution in [1.29, 1.82) is 0 Å². The maximum absolute atomic E-state index is 12.6. The first-order valence-corrected chi connectivity index (χ1v) is 13.8. The van der Waals surface area contributed by atoms with Gasteiger partial charge in [0, 0.05) is 43.7 Å². The molecule has 1 aromatic carbocycles. The van der Waals surface area contributed by atoms with Gasteiger partial charge in [0.05, 0.1) is 16.7 Å². The monoisotopic (exact) mass is 492 g/mol. The number of anilines is 1. The molecule has 1 aromatic heterocycles. The van der Waals surface area contributed by atoms with Crippen molar-refractivity contribution in [2.75, 3.05) is 31.6 Å². The minimum atomic E-state index is -3.64. The zero-order chi connectivity index (χ0) is 23.4. The van der Waals surface area contributed by atoms with Crippen LogP contribution < -0.4 is 10.0 Å². The van der Waals surface area contributed by atoms with Gasteiger partial charge >= 0.3 is 0 Å². The first-order valence-electron chi connectivity index (χ1n) is 11.5. The fourth-order valence-electron chi connectivity index (χ4n) is 4.63. The summed E-state index contributed by atoms with van der Waals surface area (Å²) in [6.07, 6.45) is 3.00. The van der Waals surface area contributed by atoms with Gasteiger partial charge in [0.2, 0.25) is 10.0 Å². The Morgan fingerprint density at radius 2 is 1.94 bits per heavy atom. The molecule has 10 heteroatoms. The lowest BCUT2D eigenvalue weighted by molar-refractivity contribution is 0.102. The summed E-state index contributed by atoms with van der Waals surface area (Å²) in [6.45, 7) is 8.42. The fraction of sp³-hybridized carbons (Fsp3) is 0.565. The van der Waals surface area contributed by atoms with Crippen LogP contribution in [0.2, 0.25) is 0 Å². The molecule has 2 fully saturated rings. The summed E-state index contributed by atoms with van der Waals surface area (Å²) in [5, 5.41) is 5.35. The maximum atomic E-state index is 12.6. The lowest BCUT2D eigenvalue weighted by Crippen LogP contribution is -2.38. The Morgan fingerprint density at radius 3 is 2.61 bits per heavy atom. The number of nitrogens with one attached hydrogen (secondary N) is 2. The van der Waals surface area contributed by atoms with Gasteiger partial charge in [-0.1, -0.05) is 13.8 Å². The molecule has 0 aliphatic carbocycles. The van der Waals surface area contributed by atoms with Crippen molar-refractivity contribution in [3.05, 3.63) is 40.9 Å². The lowest BCUT2D eigenvalue weighted by atomic mass is 9.92. The van der Waals surface area contributed by atoms with E-state index in [0.717, 1.165) is 38.2 Å². The third-order valence-corrected chi connectivity index (χ3v) is 8.30. The van der Waals surface area contributed by atoms with E-state index in [0.29, 0.717) is 29.1 Å². The number of sulfonamides is 1. The third-order valence-electron chi connectivity index (χ3n) is 6.05. The summed E-state index contributed by atoms with van der Waals surface area (Å²) in [7, 11) is -3.64. The molecule has 0 bridgehead atoms. The van der Waals surface area contributed by atoms with Crippen molar-refractivity contribution in [2.24, 2.45) is 11.8 Å². The summed E-state index contributed by atoms with van der Waals surface area (Å²) < 4.78 is 33.0. The van der Waals surface area contributed by atoms with Crippen LogP contribution in [0.1, 0.15) is 49.2 Å². The highest BCUT2D eigenvalue weighted by atomic mass is 32.2. The van der Waals surface area contributed by atoms with Gasteiger partial charge in [-0.3, -0.25) is 15.0 Å². The highest BCUT2D eigenvalue weighted by Gasteiger charge is 2.23. The number of thiazole rings is 1. The standard InChI is InChI=1S/C23H32N4O4S2/c1-16-10-17(2)13-27(12-16)14-19-15-32-23(25-19)26-22(28)18-5-7-21(8-6-18)33(29,30)24-11-20-4-3-9-31-20/h5-8,15-17,20,24H,3-4,9-14H2,1-2H3,(H,25,26,28)/t16-,17-,20+/m1/s1. The zero-order valence-corrected chi connectivity index (χ0v) is 20.8. The average molecular weight is 493 g/mol. The molecule has 4 rings (SSSR count). The number of likely N-dealkylation sites (tertiary alicyclic amines) is 1. The Labute approximate surface area is 199 Å². The highest BCUT2D eigenvalue weighted by molar-refractivity contribution is 7.89. The van der Waals surface area contributed by atoms with Crippen molar-refractivity contribution >= 4 is 32.4 Å². The van der Waals surface area contributed by atoms with Crippen LogP contribution in [0.25, 0.3) is 0 Å². The van der Waals surface area contributed by atoms with Crippen molar-refractivity contribution in [3.8, 4) is 0 Å². The number of hydrogen-bond acceptors (Lipinski definition) is 7. The average Bonchev–Trinajstić information content (AvgIpc) is 3.44. The first kappa shape index (κ1) is 24.3. The topological polar surface area (TPSA) is 101 Å². The van der Waals surface area contributed by atoms with Gasteiger partial charge in [-0.25, -0.2) is 18.1 Å². The first-order chi connectivity index (χ1) is 15.8. The van der Waals surface area contributed by atoms with Gasteiger partial charge < -0.3 is 4.74 Å². The Hall–Kier alpha value is -1.85. The molecular formula is C23H32N4O4S2. The van der Waals surface area contributed by atoms with E-state index in [2.05, 4.69) is 33.8 Å². The van der Waals surface area contributed by atoms with Gasteiger partial charge in [0.1, 0.15) is 0 Å². The predicted octanol–water partition coefficient (Wildman–Crippen LogP) is 3.33.